The summed E-state index contributed by atoms with van der Waals surface area (Å²) in [6.07, 6.45) is -4.59. The third-order valence-corrected chi connectivity index (χ3v) is 3.90. The van der Waals surface area contributed by atoms with Crippen molar-refractivity contribution in [3.63, 3.8) is 0 Å². The minimum Gasteiger partial charge on any atom is -0.284 e. The van der Waals surface area contributed by atoms with E-state index in [2.05, 4.69) is 10.1 Å². The summed E-state index contributed by atoms with van der Waals surface area (Å²) in [5.74, 6) is 0. The Labute approximate surface area is 114 Å². The molecule has 1 aromatic carbocycles. The topological polar surface area (TPSA) is 50.7 Å². The van der Waals surface area contributed by atoms with E-state index in [1.807, 2.05) is 0 Å². The van der Waals surface area contributed by atoms with Gasteiger partial charge in [-0.15, -0.1) is 0 Å². The van der Waals surface area contributed by atoms with Crippen molar-refractivity contribution in [1.82, 2.24) is 14.8 Å². The van der Waals surface area contributed by atoms with Crippen molar-refractivity contribution in [2.24, 2.45) is 0 Å². The maximum absolute atomic E-state index is 12.8. The van der Waals surface area contributed by atoms with Crippen molar-refractivity contribution in [2.45, 2.75) is 13.1 Å². The molecule has 1 N–H and O–H groups in total. The van der Waals surface area contributed by atoms with Gasteiger partial charge in [0.15, 0.2) is 0 Å². The number of thiazole rings is 1. The Morgan fingerprint density at radius 1 is 1.30 bits per heavy atom. The van der Waals surface area contributed by atoms with Crippen LogP contribution in [0.5, 0.6) is 0 Å². The van der Waals surface area contributed by atoms with E-state index in [0.29, 0.717) is 5.52 Å². The normalized spacial score (nSPS) is 12.2. The molecule has 2 aromatic heterocycles. The summed E-state index contributed by atoms with van der Waals surface area (Å²) in [5, 5.41) is 2.28. The predicted octanol–water partition coefficient (Wildman–Crippen LogP) is 3.10. The lowest BCUT2D eigenvalue weighted by Crippen LogP contribution is -2.15. The molecule has 2 heterocycles. The van der Waals surface area contributed by atoms with Gasteiger partial charge in [-0.2, -0.15) is 17.9 Å². The summed E-state index contributed by atoms with van der Waals surface area (Å²) < 4.78 is 39.9. The number of H-pyrrole nitrogens is 1. The van der Waals surface area contributed by atoms with Gasteiger partial charge in [0.25, 0.3) is 5.56 Å². The number of rotatable bonds is 1. The fourth-order valence-electron chi connectivity index (χ4n) is 1.89. The average molecular weight is 299 g/mol. The first-order valence-corrected chi connectivity index (χ1v) is 6.44. The number of alkyl halides is 3. The quantitative estimate of drug-likeness (QED) is 0.750. The van der Waals surface area contributed by atoms with Crippen LogP contribution in [-0.2, 0) is 6.18 Å². The van der Waals surface area contributed by atoms with E-state index in [9.17, 15) is 18.0 Å². The van der Waals surface area contributed by atoms with E-state index in [1.54, 1.807) is 24.3 Å². The molecule has 0 fully saturated rings. The monoisotopic (exact) mass is 299 g/mol. The van der Waals surface area contributed by atoms with Crippen LogP contribution < -0.4 is 5.56 Å². The predicted molar refractivity (Wildman–Crippen MR) is 69.3 cm³/mol. The average Bonchev–Trinajstić information content (AvgIpc) is 2.91. The van der Waals surface area contributed by atoms with Crippen LogP contribution in [0.25, 0.3) is 15.3 Å². The Morgan fingerprint density at radius 3 is 2.60 bits per heavy atom. The van der Waals surface area contributed by atoms with Crippen LogP contribution in [0.15, 0.2) is 29.1 Å². The van der Waals surface area contributed by atoms with E-state index in [0.717, 1.165) is 27.6 Å². The zero-order chi connectivity index (χ0) is 14.5. The molecule has 0 saturated carbocycles. The molecule has 0 radical (unpaired) electrons. The Bertz CT molecular complexity index is 811. The van der Waals surface area contributed by atoms with Gasteiger partial charge in [-0.1, -0.05) is 23.5 Å². The van der Waals surface area contributed by atoms with E-state index < -0.39 is 17.4 Å². The second-order valence-electron chi connectivity index (χ2n) is 4.21. The van der Waals surface area contributed by atoms with Gasteiger partial charge in [-0.3, -0.25) is 9.89 Å². The van der Waals surface area contributed by atoms with Gasteiger partial charge in [-0.25, -0.2) is 4.98 Å². The zero-order valence-corrected chi connectivity index (χ0v) is 11.0. The highest BCUT2D eigenvalue weighted by Gasteiger charge is 2.36. The van der Waals surface area contributed by atoms with Crippen LogP contribution in [-0.4, -0.2) is 14.8 Å². The highest BCUT2D eigenvalue weighted by molar-refractivity contribution is 7.20. The van der Waals surface area contributed by atoms with Gasteiger partial charge in [0.2, 0.25) is 5.13 Å². The van der Waals surface area contributed by atoms with E-state index in [-0.39, 0.29) is 10.7 Å². The van der Waals surface area contributed by atoms with Crippen molar-refractivity contribution in [1.29, 1.82) is 0 Å². The van der Waals surface area contributed by atoms with Gasteiger partial charge in [0.05, 0.1) is 10.2 Å². The summed E-state index contributed by atoms with van der Waals surface area (Å²) in [4.78, 5) is 16.1. The van der Waals surface area contributed by atoms with Crippen LogP contribution in [0.3, 0.4) is 0 Å². The smallest absolute Gasteiger partial charge is 0.284 e. The van der Waals surface area contributed by atoms with Crippen molar-refractivity contribution in [2.75, 3.05) is 0 Å². The molecule has 0 aliphatic rings. The molecule has 20 heavy (non-hydrogen) atoms. The van der Waals surface area contributed by atoms with Crippen LogP contribution in [0.1, 0.15) is 11.3 Å². The first-order chi connectivity index (χ1) is 9.38. The lowest BCUT2D eigenvalue weighted by atomic mass is 10.3. The van der Waals surface area contributed by atoms with Crippen LogP contribution in [0.2, 0.25) is 0 Å². The summed E-state index contributed by atoms with van der Waals surface area (Å²) in [6, 6.07) is 7.10. The lowest BCUT2D eigenvalue weighted by Gasteiger charge is -2.03. The largest absolute Gasteiger partial charge is 0.433 e. The molecule has 3 rings (SSSR count). The maximum atomic E-state index is 12.8. The fourth-order valence-corrected chi connectivity index (χ4v) is 2.81. The number of benzene rings is 1. The second kappa shape index (κ2) is 4.20. The third kappa shape index (κ3) is 1.92. The molecular weight excluding hydrogens is 291 g/mol. The molecule has 104 valence electrons. The summed E-state index contributed by atoms with van der Waals surface area (Å²) >= 11 is 1.15. The SMILES string of the molecule is Cc1c(C(F)(F)F)[nH]n(-c2nc3ccccc3s2)c1=O. The Morgan fingerprint density at radius 2 is 2.00 bits per heavy atom. The number of nitrogens with one attached hydrogen (secondary N) is 1. The van der Waals surface area contributed by atoms with Crippen molar-refractivity contribution >= 4 is 21.6 Å². The third-order valence-electron chi connectivity index (χ3n) is 2.88. The van der Waals surface area contributed by atoms with Gasteiger partial charge in [0.1, 0.15) is 5.69 Å². The van der Waals surface area contributed by atoms with Crippen molar-refractivity contribution in [3.05, 3.63) is 45.9 Å². The van der Waals surface area contributed by atoms with Gasteiger partial charge in [-0.05, 0) is 19.1 Å². The number of halogens is 3. The molecule has 0 spiro atoms. The second-order valence-corrected chi connectivity index (χ2v) is 5.22. The minimum atomic E-state index is -4.59. The van der Waals surface area contributed by atoms with Gasteiger partial charge in [0, 0.05) is 5.56 Å². The number of hydrogen-bond donors (Lipinski definition) is 1. The molecule has 8 heteroatoms. The molecule has 0 unspecified atom stereocenters. The first kappa shape index (κ1) is 12.9. The Kier molecular flexibility index (Phi) is 2.72. The summed E-state index contributed by atoms with van der Waals surface area (Å²) in [7, 11) is 0. The minimum absolute atomic E-state index is 0.190. The molecular formula is C12H8F3N3OS. The number of aromatic nitrogens is 3. The molecule has 0 bridgehead atoms. The molecule has 0 saturated heterocycles. The molecule has 0 amide bonds. The highest BCUT2D eigenvalue weighted by atomic mass is 32.1. The van der Waals surface area contributed by atoms with E-state index >= 15 is 0 Å². The van der Waals surface area contributed by atoms with Crippen LogP contribution >= 0.6 is 11.3 Å². The number of para-hydroxylation sites is 1. The first-order valence-electron chi connectivity index (χ1n) is 5.62. The maximum Gasteiger partial charge on any atom is 0.433 e. The van der Waals surface area contributed by atoms with Crippen molar-refractivity contribution in [3.8, 4) is 5.13 Å². The fraction of sp³-hybridized carbons (Fsp3) is 0.167. The molecule has 0 atom stereocenters. The van der Waals surface area contributed by atoms with E-state index in [4.69, 9.17) is 0 Å². The number of nitrogens with zero attached hydrogens (tertiary/aromatic N) is 2. The molecule has 0 aliphatic carbocycles. The molecule has 0 aliphatic heterocycles. The summed E-state index contributed by atoms with van der Waals surface area (Å²) in [6.45, 7) is 1.14. The van der Waals surface area contributed by atoms with Gasteiger partial charge >= 0.3 is 6.18 Å². The Balaban J connectivity index is 2.22. The number of aromatic amines is 1. The number of fused-ring (bicyclic) bond motifs is 1. The summed E-state index contributed by atoms with van der Waals surface area (Å²) in [5.41, 5.74) is -1.50. The van der Waals surface area contributed by atoms with Crippen LogP contribution in [0.4, 0.5) is 13.2 Å². The van der Waals surface area contributed by atoms with Crippen LogP contribution in [0, 0.1) is 6.92 Å². The lowest BCUT2D eigenvalue weighted by molar-refractivity contribution is -0.141. The molecule has 4 nitrogen and oxygen atoms in total. The number of hydrogen-bond acceptors (Lipinski definition) is 3. The Hall–Kier alpha value is -2.09. The zero-order valence-electron chi connectivity index (χ0n) is 10.2. The highest BCUT2D eigenvalue weighted by Crippen LogP contribution is 2.30. The standard InChI is InChI=1S/C12H8F3N3OS/c1-6-9(12(13,14)15)17-18(10(6)19)11-16-7-4-2-3-5-8(7)20-11/h2-5,17H,1H3. The molecule has 3 aromatic rings. The van der Waals surface area contributed by atoms with Gasteiger partial charge < -0.3 is 0 Å². The van der Waals surface area contributed by atoms with Crippen molar-refractivity contribution < 1.29 is 13.2 Å². The van der Waals surface area contributed by atoms with E-state index in [1.165, 1.54) is 0 Å².